The molecule has 0 spiro atoms. The molecular weight excluding hydrogens is 226 g/mol. The highest BCUT2D eigenvalue weighted by Gasteiger charge is 2.20. The first-order valence-electron chi connectivity index (χ1n) is 7.07. The van der Waals surface area contributed by atoms with Crippen molar-refractivity contribution in [3.8, 4) is 0 Å². The van der Waals surface area contributed by atoms with Gasteiger partial charge >= 0.3 is 0 Å². The van der Waals surface area contributed by atoms with E-state index in [0.29, 0.717) is 6.04 Å². The predicted octanol–water partition coefficient (Wildman–Crippen LogP) is 2.37. The van der Waals surface area contributed by atoms with Crippen LogP contribution in [0.2, 0.25) is 0 Å². The van der Waals surface area contributed by atoms with E-state index < -0.39 is 0 Å². The molecule has 0 aliphatic heterocycles. The van der Waals surface area contributed by atoms with Gasteiger partial charge in [-0.2, -0.15) is 5.10 Å². The molecule has 0 unspecified atom stereocenters. The van der Waals surface area contributed by atoms with Gasteiger partial charge < -0.3 is 10.1 Å². The maximum absolute atomic E-state index is 5.59. The zero-order chi connectivity index (χ0) is 12.8. The average molecular weight is 251 g/mol. The normalized spacial score (nSPS) is 15.5. The van der Waals surface area contributed by atoms with Crippen LogP contribution in [0.25, 0.3) is 0 Å². The fourth-order valence-electron chi connectivity index (χ4n) is 1.82. The van der Waals surface area contributed by atoms with Gasteiger partial charge in [0.25, 0.3) is 0 Å². The summed E-state index contributed by atoms with van der Waals surface area (Å²) in [5, 5.41) is 7.75. The molecule has 1 aliphatic carbocycles. The van der Waals surface area contributed by atoms with Crippen molar-refractivity contribution in [2.45, 2.75) is 45.7 Å². The monoisotopic (exact) mass is 251 g/mol. The molecule has 102 valence electrons. The topological polar surface area (TPSA) is 39.1 Å². The fourth-order valence-corrected chi connectivity index (χ4v) is 1.82. The average Bonchev–Trinajstić information content (AvgIpc) is 3.04. The summed E-state index contributed by atoms with van der Waals surface area (Å²) < 4.78 is 7.58. The van der Waals surface area contributed by atoms with Crippen molar-refractivity contribution in [1.82, 2.24) is 15.1 Å². The third-order valence-corrected chi connectivity index (χ3v) is 3.21. The van der Waals surface area contributed by atoms with Crippen molar-refractivity contribution in [3.05, 3.63) is 18.0 Å². The van der Waals surface area contributed by atoms with Crippen molar-refractivity contribution in [3.63, 3.8) is 0 Å². The van der Waals surface area contributed by atoms with E-state index in [1.807, 2.05) is 10.9 Å². The molecule has 0 atom stereocenters. The van der Waals surface area contributed by atoms with E-state index in [1.165, 1.54) is 18.4 Å². The summed E-state index contributed by atoms with van der Waals surface area (Å²) in [6, 6.07) is 0.439. The molecule has 0 saturated heterocycles. The second kappa shape index (κ2) is 6.90. The standard InChI is InChI=1S/C14H25N3O/c1-12(2)17-10-14(9-16-17)8-15-6-3-7-18-11-13-4-5-13/h9-10,12-13,15H,3-8,11H2,1-2H3. The lowest BCUT2D eigenvalue weighted by atomic mass is 10.3. The number of nitrogens with zero attached hydrogens (tertiary/aromatic N) is 2. The van der Waals surface area contributed by atoms with Crippen molar-refractivity contribution in [2.75, 3.05) is 19.8 Å². The fraction of sp³-hybridized carbons (Fsp3) is 0.786. The molecule has 4 nitrogen and oxygen atoms in total. The highest BCUT2D eigenvalue weighted by atomic mass is 16.5. The zero-order valence-corrected chi connectivity index (χ0v) is 11.6. The molecule has 1 heterocycles. The second-order valence-corrected chi connectivity index (χ2v) is 5.47. The molecule has 2 rings (SSSR count). The smallest absolute Gasteiger partial charge is 0.0534 e. The molecule has 0 radical (unpaired) electrons. The van der Waals surface area contributed by atoms with Crippen molar-refractivity contribution in [2.24, 2.45) is 5.92 Å². The lowest BCUT2D eigenvalue weighted by Crippen LogP contribution is -2.16. The van der Waals surface area contributed by atoms with Gasteiger partial charge in [-0.15, -0.1) is 0 Å². The van der Waals surface area contributed by atoms with Crippen molar-refractivity contribution >= 4 is 0 Å². The lowest BCUT2D eigenvalue weighted by Gasteiger charge is -2.05. The molecule has 1 aliphatic rings. The largest absolute Gasteiger partial charge is 0.381 e. The van der Waals surface area contributed by atoms with E-state index in [0.717, 1.165) is 38.6 Å². The van der Waals surface area contributed by atoms with Crippen LogP contribution in [-0.4, -0.2) is 29.5 Å². The summed E-state index contributed by atoms with van der Waals surface area (Å²) in [5.41, 5.74) is 1.25. The Hall–Kier alpha value is -0.870. The van der Waals surface area contributed by atoms with Crippen LogP contribution in [0.15, 0.2) is 12.4 Å². The Morgan fingerprint density at radius 2 is 2.33 bits per heavy atom. The van der Waals surface area contributed by atoms with Crippen LogP contribution < -0.4 is 5.32 Å². The molecule has 1 fully saturated rings. The molecule has 1 aromatic heterocycles. The molecule has 1 aromatic rings. The molecule has 0 bridgehead atoms. The number of ether oxygens (including phenoxy) is 1. The van der Waals surface area contributed by atoms with Crippen LogP contribution in [0.5, 0.6) is 0 Å². The Morgan fingerprint density at radius 1 is 1.50 bits per heavy atom. The number of hydrogen-bond acceptors (Lipinski definition) is 3. The summed E-state index contributed by atoms with van der Waals surface area (Å²) in [5.74, 6) is 0.875. The molecule has 0 amide bonds. The molecule has 18 heavy (non-hydrogen) atoms. The number of hydrogen-bond donors (Lipinski definition) is 1. The predicted molar refractivity (Wildman–Crippen MR) is 72.5 cm³/mol. The SMILES string of the molecule is CC(C)n1cc(CNCCCOCC2CC2)cn1. The van der Waals surface area contributed by atoms with E-state index in [9.17, 15) is 0 Å². The van der Waals surface area contributed by atoms with Crippen LogP contribution >= 0.6 is 0 Å². The van der Waals surface area contributed by atoms with Crippen LogP contribution in [0.3, 0.4) is 0 Å². The molecule has 4 heteroatoms. The van der Waals surface area contributed by atoms with E-state index in [1.54, 1.807) is 0 Å². The van der Waals surface area contributed by atoms with Gasteiger partial charge in [-0.05, 0) is 45.6 Å². The summed E-state index contributed by atoms with van der Waals surface area (Å²) in [6.45, 7) is 8.05. The molecular formula is C14H25N3O. The Bertz CT molecular complexity index is 345. The van der Waals surface area contributed by atoms with Gasteiger partial charge in [0, 0.05) is 37.6 Å². The highest BCUT2D eigenvalue weighted by Crippen LogP contribution is 2.28. The first-order chi connectivity index (χ1) is 8.75. The Balaban J connectivity index is 1.48. The number of rotatable bonds is 9. The maximum atomic E-state index is 5.59. The number of aromatic nitrogens is 2. The van der Waals surface area contributed by atoms with Crippen LogP contribution in [0.4, 0.5) is 0 Å². The third kappa shape index (κ3) is 4.78. The van der Waals surface area contributed by atoms with Crippen LogP contribution in [0, 0.1) is 5.92 Å². The quantitative estimate of drug-likeness (QED) is 0.685. The second-order valence-electron chi connectivity index (χ2n) is 5.47. The zero-order valence-electron chi connectivity index (χ0n) is 11.6. The summed E-state index contributed by atoms with van der Waals surface area (Å²) in [7, 11) is 0. The minimum absolute atomic E-state index is 0.439. The van der Waals surface area contributed by atoms with Crippen molar-refractivity contribution in [1.29, 1.82) is 0 Å². The number of nitrogens with one attached hydrogen (secondary N) is 1. The summed E-state index contributed by atoms with van der Waals surface area (Å²) in [6.07, 6.45) is 7.89. The van der Waals surface area contributed by atoms with Gasteiger partial charge in [-0.25, -0.2) is 0 Å². The van der Waals surface area contributed by atoms with Gasteiger partial charge in [0.15, 0.2) is 0 Å². The minimum Gasteiger partial charge on any atom is -0.381 e. The van der Waals surface area contributed by atoms with E-state index in [4.69, 9.17) is 4.74 Å². The van der Waals surface area contributed by atoms with E-state index in [2.05, 4.69) is 30.5 Å². The van der Waals surface area contributed by atoms with Gasteiger partial charge in [-0.1, -0.05) is 0 Å². The van der Waals surface area contributed by atoms with Crippen molar-refractivity contribution < 1.29 is 4.74 Å². The minimum atomic E-state index is 0.439. The molecule has 0 aromatic carbocycles. The Morgan fingerprint density at radius 3 is 3.00 bits per heavy atom. The van der Waals surface area contributed by atoms with E-state index in [-0.39, 0.29) is 0 Å². The van der Waals surface area contributed by atoms with E-state index >= 15 is 0 Å². The Labute approximate surface area is 110 Å². The van der Waals surface area contributed by atoms with Crippen LogP contribution in [-0.2, 0) is 11.3 Å². The molecule has 1 N–H and O–H groups in total. The van der Waals surface area contributed by atoms with Crippen LogP contribution in [0.1, 0.15) is 44.7 Å². The first kappa shape index (κ1) is 13.6. The Kier molecular flexibility index (Phi) is 5.20. The van der Waals surface area contributed by atoms with Gasteiger partial charge in [0.05, 0.1) is 6.20 Å². The lowest BCUT2D eigenvalue weighted by molar-refractivity contribution is 0.122. The summed E-state index contributed by atoms with van der Waals surface area (Å²) >= 11 is 0. The maximum Gasteiger partial charge on any atom is 0.0534 e. The summed E-state index contributed by atoms with van der Waals surface area (Å²) in [4.78, 5) is 0. The molecule has 1 saturated carbocycles. The third-order valence-electron chi connectivity index (χ3n) is 3.21. The highest BCUT2D eigenvalue weighted by molar-refractivity contribution is 5.03. The van der Waals surface area contributed by atoms with Gasteiger partial charge in [0.1, 0.15) is 0 Å². The van der Waals surface area contributed by atoms with Gasteiger partial charge in [-0.3, -0.25) is 4.68 Å². The van der Waals surface area contributed by atoms with Gasteiger partial charge in [0.2, 0.25) is 0 Å². The first-order valence-corrected chi connectivity index (χ1v) is 7.07.